The van der Waals surface area contributed by atoms with Crippen LogP contribution in [0, 0.1) is 5.41 Å². The third-order valence-corrected chi connectivity index (χ3v) is 3.20. The number of aromatic amines is 1. The molecule has 3 N–H and O–H groups in total. The molecule has 7 heteroatoms. The summed E-state index contributed by atoms with van der Waals surface area (Å²) in [5.74, 6) is 0.850. The van der Waals surface area contributed by atoms with Crippen LogP contribution in [-0.2, 0) is 4.79 Å². The van der Waals surface area contributed by atoms with Crippen LogP contribution < -0.4 is 10.6 Å². The fourth-order valence-corrected chi connectivity index (χ4v) is 1.71. The van der Waals surface area contributed by atoms with Gasteiger partial charge in [-0.05, 0) is 26.7 Å². The first-order chi connectivity index (χ1) is 8.94. The Balaban J connectivity index is 1.91. The second kappa shape index (κ2) is 4.99. The molecule has 1 aromatic rings. The van der Waals surface area contributed by atoms with Crippen molar-refractivity contribution in [3.05, 3.63) is 11.6 Å². The Kier molecular flexibility index (Phi) is 3.55. The summed E-state index contributed by atoms with van der Waals surface area (Å²) in [5, 5.41) is 11.9. The average molecular weight is 265 g/mol. The van der Waals surface area contributed by atoms with E-state index in [0.29, 0.717) is 5.92 Å². The molecular formula is C12H19N5O2. The van der Waals surface area contributed by atoms with Crippen molar-refractivity contribution in [2.45, 2.75) is 32.6 Å². The standard InChI is InChI=1S/C12H19N5O2/c1-12(2,11(19)13-3)6-14-10(18)9-15-8(16-17-9)7-4-5-7/h7H,4-6H2,1-3H3,(H,13,19)(H,14,18)(H,15,16,17). The monoisotopic (exact) mass is 265 g/mol. The van der Waals surface area contributed by atoms with Crippen LogP contribution in [0.1, 0.15) is 49.1 Å². The average Bonchev–Trinajstić information content (AvgIpc) is 3.12. The van der Waals surface area contributed by atoms with Crippen molar-refractivity contribution < 1.29 is 9.59 Å². The highest BCUT2D eigenvalue weighted by Crippen LogP contribution is 2.37. The highest BCUT2D eigenvalue weighted by atomic mass is 16.2. The van der Waals surface area contributed by atoms with E-state index in [2.05, 4.69) is 25.8 Å². The Labute approximate surface area is 111 Å². The maximum Gasteiger partial charge on any atom is 0.290 e. The van der Waals surface area contributed by atoms with Crippen molar-refractivity contribution in [1.82, 2.24) is 25.8 Å². The fourth-order valence-electron chi connectivity index (χ4n) is 1.71. The van der Waals surface area contributed by atoms with Crippen molar-refractivity contribution in [3.63, 3.8) is 0 Å². The van der Waals surface area contributed by atoms with Gasteiger partial charge >= 0.3 is 0 Å². The largest absolute Gasteiger partial charge is 0.359 e. The number of rotatable bonds is 5. The van der Waals surface area contributed by atoms with Crippen LogP contribution in [0.3, 0.4) is 0 Å². The van der Waals surface area contributed by atoms with E-state index in [1.165, 1.54) is 0 Å². The normalized spacial score (nSPS) is 15.1. The second-order valence-corrected chi connectivity index (χ2v) is 5.46. The van der Waals surface area contributed by atoms with E-state index in [0.717, 1.165) is 18.7 Å². The second-order valence-electron chi connectivity index (χ2n) is 5.46. The molecule has 0 aromatic carbocycles. The number of aromatic nitrogens is 3. The molecule has 7 nitrogen and oxygen atoms in total. The summed E-state index contributed by atoms with van der Waals surface area (Å²) in [4.78, 5) is 27.6. The smallest absolute Gasteiger partial charge is 0.290 e. The molecule has 0 unspecified atom stereocenters. The zero-order chi connectivity index (χ0) is 14.0. The first-order valence-corrected chi connectivity index (χ1v) is 6.36. The van der Waals surface area contributed by atoms with E-state index < -0.39 is 5.41 Å². The molecule has 1 saturated carbocycles. The van der Waals surface area contributed by atoms with Crippen LogP contribution in [0.15, 0.2) is 0 Å². The molecule has 2 amide bonds. The van der Waals surface area contributed by atoms with Gasteiger partial charge in [0, 0.05) is 19.5 Å². The van der Waals surface area contributed by atoms with Crippen LogP contribution in [-0.4, -0.2) is 40.6 Å². The van der Waals surface area contributed by atoms with Crippen LogP contribution in [0.5, 0.6) is 0 Å². The summed E-state index contributed by atoms with van der Waals surface area (Å²) >= 11 is 0. The highest BCUT2D eigenvalue weighted by Gasteiger charge is 2.30. The Morgan fingerprint density at radius 3 is 2.68 bits per heavy atom. The van der Waals surface area contributed by atoms with Crippen LogP contribution in [0.4, 0.5) is 0 Å². The van der Waals surface area contributed by atoms with Crippen LogP contribution in [0.25, 0.3) is 0 Å². The third kappa shape index (κ3) is 3.10. The van der Waals surface area contributed by atoms with Gasteiger partial charge in [-0.3, -0.25) is 14.7 Å². The molecule has 0 atom stereocenters. The fraction of sp³-hybridized carbons (Fsp3) is 0.667. The summed E-state index contributed by atoms with van der Waals surface area (Å²) in [6, 6.07) is 0. The number of nitrogens with zero attached hydrogens (tertiary/aromatic N) is 2. The molecule has 0 aliphatic heterocycles. The Hall–Kier alpha value is -1.92. The molecule has 1 aromatic heterocycles. The van der Waals surface area contributed by atoms with E-state index in [4.69, 9.17) is 0 Å². The van der Waals surface area contributed by atoms with E-state index >= 15 is 0 Å². The SMILES string of the molecule is CNC(=O)C(C)(C)CNC(=O)c1n[nH]c(C2CC2)n1. The number of hydrogen-bond donors (Lipinski definition) is 3. The minimum absolute atomic E-state index is 0.124. The third-order valence-electron chi connectivity index (χ3n) is 3.20. The lowest BCUT2D eigenvalue weighted by Crippen LogP contribution is -2.43. The quantitative estimate of drug-likeness (QED) is 0.707. The number of hydrogen-bond acceptors (Lipinski definition) is 4. The van der Waals surface area contributed by atoms with Crippen molar-refractivity contribution in [2.24, 2.45) is 5.41 Å². The van der Waals surface area contributed by atoms with Gasteiger partial charge in [-0.25, -0.2) is 4.98 Å². The maximum absolute atomic E-state index is 11.9. The van der Waals surface area contributed by atoms with E-state index in [1.807, 2.05) is 0 Å². The molecule has 1 heterocycles. The Bertz CT molecular complexity index is 490. The molecular weight excluding hydrogens is 246 g/mol. The Morgan fingerprint density at radius 2 is 2.11 bits per heavy atom. The summed E-state index contributed by atoms with van der Waals surface area (Å²) in [6.45, 7) is 3.76. The minimum Gasteiger partial charge on any atom is -0.359 e. The number of H-pyrrole nitrogens is 1. The van der Waals surface area contributed by atoms with Gasteiger partial charge in [0.2, 0.25) is 11.7 Å². The minimum atomic E-state index is -0.667. The van der Waals surface area contributed by atoms with Crippen molar-refractivity contribution in [2.75, 3.05) is 13.6 Å². The summed E-state index contributed by atoms with van der Waals surface area (Å²) in [5.41, 5.74) is -0.667. The molecule has 104 valence electrons. The lowest BCUT2D eigenvalue weighted by atomic mass is 9.92. The number of nitrogens with one attached hydrogen (secondary N) is 3. The molecule has 2 rings (SSSR count). The number of amides is 2. The summed E-state index contributed by atoms with van der Waals surface area (Å²) < 4.78 is 0. The predicted molar refractivity (Wildman–Crippen MR) is 68.5 cm³/mol. The van der Waals surface area contributed by atoms with Gasteiger partial charge < -0.3 is 10.6 Å². The van der Waals surface area contributed by atoms with Gasteiger partial charge in [0.05, 0.1) is 5.41 Å². The molecule has 19 heavy (non-hydrogen) atoms. The van der Waals surface area contributed by atoms with Gasteiger partial charge in [0.1, 0.15) is 5.82 Å². The predicted octanol–water partition coefficient (Wildman–Crippen LogP) is 0.184. The topological polar surface area (TPSA) is 99.8 Å². The lowest BCUT2D eigenvalue weighted by molar-refractivity contribution is -0.128. The first kappa shape index (κ1) is 13.5. The number of carbonyl (C=O) groups excluding carboxylic acids is 2. The molecule has 1 aliphatic rings. The number of carbonyl (C=O) groups is 2. The van der Waals surface area contributed by atoms with E-state index in [9.17, 15) is 9.59 Å². The lowest BCUT2D eigenvalue weighted by Gasteiger charge is -2.22. The molecule has 1 aliphatic carbocycles. The van der Waals surface area contributed by atoms with Gasteiger partial charge in [0.15, 0.2) is 0 Å². The van der Waals surface area contributed by atoms with Crippen molar-refractivity contribution >= 4 is 11.8 Å². The summed E-state index contributed by atoms with van der Waals surface area (Å²) in [7, 11) is 1.57. The van der Waals surface area contributed by atoms with Gasteiger partial charge in [-0.15, -0.1) is 5.10 Å². The van der Waals surface area contributed by atoms with Gasteiger partial charge in [0.25, 0.3) is 5.91 Å². The molecule has 0 radical (unpaired) electrons. The first-order valence-electron chi connectivity index (χ1n) is 6.36. The molecule has 0 saturated heterocycles. The van der Waals surface area contributed by atoms with E-state index in [-0.39, 0.29) is 24.2 Å². The molecule has 0 bridgehead atoms. The molecule has 0 spiro atoms. The zero-order valence-corrected chi connectivity index (χ0v) is 11.4. The van der Waals surface area contributed by atoms with Crippen LogP contribution >= 0.6 is 0 Å². The maximum atomic E-state index is 11.9. The molecule has 1 fully saturated rings. The Morgan fingerprint density at radius 1 is 1.42 bits per heavy atom. The van der Waals surface area contributed by atoms with Gasteiger partial charge in [-0.2, -0.15) is 0 Å². The highest BCUT2D eigenvalue weighted by molar-refractivity contribution is 5.91. The van der Waals surface area contributed by atoms with Crippen LogP contribution in [0.2, 0.25) is 0 Å². The van der Waals surface area contributed by atoms with Gasteiger partial charge in [-0.1, -0.05) is 0 Å². The van der Waals surface area contributed by atoms with Crippen molar-refractivity contribution in [1.29, 1.82) is 0 Å². The van der Waals surface area contributed by atoms with Crippen molar-refractivity contribution in [3.8, 4) is 0 Å². The summed E-state index contributed by atoms with van der Waals surface area (Å²) in [6.07, 6.45) is 2.19. The van der Waals surface area contributed by atoms with E-state index in [1.54, 1.807) is 20.9 Å². The zero-order valence-electron chi connectivity index (χ0n) is 11.4.